The number of rotatable bonds is 6. The summed E-state index contributed by atoms with van der Waals surface area (Å²) >= 11 is 0. The van der Waals surface area contributed by atoms with Crippen LogP contribution in [-0.4, -0.2) is 48.6 Å². The lowest BCUT2D eigenvalue weighted by Gasteiger charge is -2.26. The van der Waals surface area contributed by atoms with Crippen LogP contribution < -0.4 is 0 Å². The Balaban J connectivity index is 1.93. The summed E-state index contributed by atoms with van der Waals surface area (Å²) < 4.78 is 0. The number of benzene rings is 1. The van der Waals surface area contributed by atoms with Gasteiger partial charge in [0.2, 0.25) is 0 Å². The van der Waals surface area contributed by atoms with Gasteiger partial charge in [-0.3, -0.25) is 4.90 Å². The van der Waals surface area contributed by atoms with E-state index in [4.69, 9.17) is 0 Å². The third-order valence-electron chi connectivity index (χ3n) is 4.06. The fourth-order valence-electron chi connectivity index (χ4n) is 2.88. The largest absolute Gasteiger partial charge is 0.508 e. The molecule has 3 heteroatoms. The summed E-state index contributed by atoms with van der Waals surface area (Å²) in [5, 5.41) is 10.0. The highest BCUT2D eigenvalue weighted by Gasteiger charge is 2.12. The Morgan fingerprint density at radius 3 is 2.60 bits per heavy atom. The second-order valence-electron chi connectivity index (χ2n) is 6.21. The molecule has 1 N–H and O–H groups in total. The average molecular weight is 276 g/mol. The molecule has 1 aliphatic rings. The molecule has 1 aliphatic heterocycles. The first-order valence-corrected chi connectivity index (χ1v) is 7.83. The van der Waals surface area contributed by atoms with Crippen molar-refractivity contribution in [2.75, 3.05) is 33.7 Å². The normalized spacial score (nSPS) is 16.8. The lowest BCUT2D eigenvalue weighted by Crippen LogP contribution is -2.29. The summed E-state index contributed by atoms with van der Waals surface area (Å²) in [6, 6.07) is 6.12. The van der Waals surface area contributed by atoms with Gasteiger partial charge in [-0.25, -0.2) is 0 Å². The summed E-state index contributed by atoms with van der Waals surface area (Å²) in [7, 11) is 4.22. The summed E-state index contributed by atoms with van der Waals surface area (Å²) in [6.07, 6.45) is 6.20. The molecule has 0 radical (unpaired) electrons. The highest BCUT2D eigenvalue weighted by molar-refractivity contribution is 5.36. The van der Waals surface area contributed by atoms with Gasteiger partial charge in [-0.15, -0.1) is 0 Å². The van der Waals surface area contributed by atoms with Crippen LogP contribution in [0.15, 0.2) is 18.2 Å². The molecule has 3 nitrogen and oxygen atoms in total. The number of hydrogen-bond donors (Lipinski definition) is 1. The van der Waals surface area contributed by atoms with Crippen LogP contribution in [0.4, 0.5) is 0 Å². The maximum atomic E-state index is 10.0. The highest BCUT2D eigenvalue weighted by Crippen LogP contribution is 2.22. The van der Waals surface area contributed by atoms with Crippen LogP contribution in [0, 0.1) is 0 Å². The topological polar surface area (TPSA) is 26.7 Å². The molecule has 1 heterocycles. The third kappa shape index (κ3) is 4.80. The summed E-state index contributed by atoms with van der Waals surface area (Å²) in [5.74, 6) is 0.451. The molecule has 1 saturated heterocycles. The maximum absolute atomic E-state index is 10.0. The molecule has 0 amide bonds. The fraction of sp³-hybridized carbons (Fsp3) is 0.647. The van der Waals surface area contributed by atoms with E-state index in [2.05, 4.69) is 36.0 Å². The Morgan fingerprint density at radius 1 is 1.15 bits per heavy atom. The summed E-state index contributed by atoms with van der Waals surface area (Å²) in [4.78, 5) is 4.68. The molecule has 0 aliphatic carbocycles. The zero-order valence-corrected chi connectivity index (χ0v) is 12.9. The zero-order chi connectivity index (χ0) is 14.4. The quantitative estimate of drug-likeness (QED) is 0.865. The number of aromatic hydroxyl groups is 1. The van der Waals surface area contributed by atoms with Crippen LogP contribution >= 0.6 is 0 Å². The van der Waals surface area contributed by atoms with Gasteiger partial charge in [0.25, 0.3) is 0 Å². The number of hydrogen-bond acceptors (Lipinski definition) is 3. The van der Waals surface area contributed by atoms with E-state index in [1.807, 2.05) is 6.07 Å². The molecular weight excluding hydrogens is 248 g/mol. The van der Waals surface area contributed by atoms with Gasteiger partial charge in [-0.2, -0.15) is 0 Å². The van der Waals surface area contributed by atoms with Crippen molar-refractivity contribution in [3.05, 3.63) is 29.3 Å². The average Bonchev–Trinajstić information content (AvgIpc) is 2.43. The second-order valence-corrected chi connectivity index (χ2v) is 6.21. The van der Waals surface area contributed by atoms with E-state index in [0.717, 1.165) is 25.1 Å². The standard InChI is InChI=1S/C17H28N2O/c1-18(2)10-6-7-15-8-9-17(20)16(13-15)14-19-11-4-3-5-12-19/h8-9,13,20H,3-7,10-12,14H2,1-2H3. The highest BCUT2D eigenvalue weighted by atomic mass is 16.3. The molecule has 0 spiro atoms. The Kier molecular flexibility index (Phi) is 5.86. The molecule has 1 fully saturated rings. The molecular formula is C17H28N2O. The van der Waals surface area contributed by atoms with Gasteiger partial charge in [0.15, 0.2) is 0 Å². The lowest BCUT2D eigenvalue weighted by molar-refractivity contribution is 0.218. The van der Waals surface area contributed by atoms with Gasteiger partial charge < -0.3 is 10.0 Å². The van der Waals surface area contributed by atoms with Crippen molar-refractivity contribution in [1.82, 2.24) is 9.80 Å². The van der Waals surface area contributed by atoms with Crippen molar-refractivity contribution in [1.29, 1.82) is 0 Å². The van der Waals surface area contributed by atoms with Crippen LogP contribution in [0.5, 0.6) is 5.75 Å². The van der Waals surface area contributed by atoms with Gasteiger partial charge in [0, 0.05) is 12.1 Å². The van der Waals surface area contributed by atoms with Crippen molar-refractivity contribution < 1.29 is 5.11 Å². The SMILES string of the molecule is CN(C)CCCc1ccc(O)c(CN2CCCCC2)c1. The van der Waals surface area contributed by atoms with E-state index in [9.17, 15) is 5.11 Å². The summed E-state index contributed by atoms with van der Waals surface area (Å²) in [5.41, 5.74) is 2.44. The van der Waals surface area contributed by atoms with Crippen LogP contribution in [-0.2, 0) is 13.0 Å². The van der Waals surface area contributed by atoms with Gasteiger partial charge in [-0.1, -0.05) is 18.6 Å². The van der Waals surface area contributed by atoms with Crippen LogP contribution in [0.25, 0.3) is 0 Å². The second kappa shape index (κ2) is 7.65. The van der Waals surface area contributed by atoms with E-state index in [1.165, 1.54) is 44.3 Å². The predicted octanol–water partition coefficient (Wildman–Crippen LogP) is 2.87. The minimum atomic E-state index is 0.451. The van der Waals surface area contributed by atoms with E-state index in [1.54, 1.807) is 0 Å². The zero-order valence-electron chi connectivity index (χ0n) is 12.9. The van der Waals surface area contributed by atoms with Crippen molar-refractivity contribution >= 4 is 0 Å². The van der Waals surface area contributed by atoms with Gasteiger partial charge in [-0.05, 0) is 71.0 Å². The fourth-order valence-corrected chi connectivity index (χ4v) is 2.88. The number of aryl methyl sites for hydroxylation is 1. The Labute approximate surface area is 123 Å². The van der Waals surface area contributed by atoms with Crippen LogP contribution in [0.3, 0.4) is 0 Å². The lowest BCUT2D eigenvalue weighted by atomic mass is 10.0. The van der Waals surface area contributed by atoms with E-state index < -0.39 is 0 Å². The van der Waals surface area contributed by atoms with Gasteiger partial charge in [0.1, 0.15) is 5.75 Å². The minimum absolute atomic E-state index is 0.451. The molecule has 20 heavy (non-hydrogen) atoms. The molecule has 112 valence electrons. The van der Waals surface area contributed by atoms with Gasteiger partial charge >= 0.3 is 0 Å². The van der Waals surface area contributed by atoms with Crippen molar-refractivity contribution in [2.24, 2.45) is 0 Å². The molecule has 0 saturated carbocycles. The molecule has 0 atom stereocenters. The van der Waals surface area contributed by atoms with Crippen LogP contribution in [0.2, 0.25) is 0 Å². The molecule has 1 aromatic carbocycles. The third-order valence-corrected chi connectivity index (χ3v) is 4.06. The first-order chi connectivity index (χ1) is 9.65. The van der Waals surface area contributed by atoms with E-state index >= 15 is 0 Å². The smallest absolute Gasteiger partial charge is 0.120 e. The Hall–Kier alpha value is -1.06. The molecule has 0 aromatic heterocycles. The maximum Gasteiger partial charge on any atom is 0.120 e. The number of phenols is 1. The Bertz CT molecular complexity index is 411. The molecule has 0 unspecified atom stereocenters. The van der Waals surface area contributed by atoms with Crippen molar-refractivity contribution in [3.63, 3.8) is 0 Å². The van der Waals surface area contributed by atoms with E-state index in [-0.39, 0.29) is 0 Å². The first kappa shape index (κ1) is 15.3. The first-order valence-electron chi connectivity index (χ1n) is 7.83. The van der Waals surface area contributed by atoms with Gasteiger partial charge in [0.05, 0.1) is 0 Å². The summed E-state index contributed by atoms with van der Waals surface area (Å²) in [6.45, 7) is 4.35. The number of piperidine rings is 1. The number of phenolic OH excluding ortho intramolecular Hbond substituents is 1. The van der Waals surface area contributed by atoms with Crippen LogP contribution in [0.1, 0.15) is 36.8 Å². The van der Waals surface area contributed by atoms with E-state index in [0.29, 0.717) is 5.75 Å². The number of nitrogens with zero attached hydrogens (tertiary/aromatic N) is 2. The molecule has 2 rings (SSSR count). The monoisotopic (exact) mass is 276 g/mol. The molecule has 0 bridgehead atoms. The predicted molar refractivity (Wildman–Crippen MR) is 84.1 cm³/mol. The minimum Gasteiger partial charge on any atom is -0.508 e. The number of likely N-dealkylation sites (tertiary alicyclic amines) is 1. The van der Waals surface area contributed by atoms with Crippen molar-refractivity contribution in [3.8, 4) is 5.75 Å². The molecule has 1 aromatic rings. The van der Waals surface area contributed by atoms with Crippen molar-refractivity contribution in [2.45, 2.75) is 38.6 Å². The Morgan fingerprint density at radius 2 is 1.90 bits per heavy atom.